The summed E-state index contributed by atoms with van der Waals surface area (Å²) in [7, 11) is -1.18. The van der Waals surface area contributed by atoms with Gasteiger partial charge in [-0.2, -0.15) is 0 Å². The highest BCUT2D eigenvalue weighted by molar-refractivity contribution is 6.98. The molecule has 0 saturated heterocycles. The molecule has 0 fully saturated rings. The molecule has 0 atom stereocenters. The minimum atomic E-state index is -1.18. The molecule has 0 unspecified atom stereocenters. The summed E-state index contributed by atoms with van der Waals surface area (Å²) in [6, 6.07) is 11.6. The van der Waals surface area contributed by atoms with E-state index in [4.69, 9.17) is 0 Å². The van der Waals surface area contributed by atoms with Crippen LogP contribution in [0.2, 0.25) is 12.1 Å². The minimum Gasteiger partial charge on any atom is -0.0893 e. The Hall–Kier alpha value is -0.823. The fourth-order valence-electron chi connectivity index (χ4n) is 2.30. The molecule has 0 aromatic heterocycles. The van der Waals surface area contributed by atoms with Crippen molar-refractivity contribution in [3.05, 3.63) is 35.5 Å². The van der Waals surface area contributed by atoms with Crippen LogP contribution in [0.3, 0.4) is 0 Å². The maximum atomic E-state index is 2.51. The highest BCUT2D eigenvalue weighted by atomic mass is 28.3. The van der Waals surface area contributed by atoms with Gasteiger partial charge in [-0.1, -0.05) is 62.0 Å². The average molecular weight is 188 g/mol. The number of hydrogen-bond acceptors (Lipinski definition) is 0. The van der Waals surface area contributed by atoms with Crippen LogP contribution in [0.25, 0.3) is 6.08 Å². The second-order valence-electron chi connectivity index (χ2n) is 3.78. The zero-order valence-corrected chi connectivity index (χ0v) is 9.38. The summed E-state index contributed by atoms with van der Waals surface area (Å²) in [6.45, 7) is 4.67. The third-order valence-electron chi connectivity index (χ3n) is 3.34. The number of hydrogen-bond donors (Lipinski definition) is 0. The Labute approximate surface area is 81.3 Å². The van der Waals surface area contributed by atoms with Crippen molar-refractivity contribution in [1.82, 2.24) is 0 Å². The van der Waals surface area contributed by atoms with Crippen LogP contribution in [0.15, 0.2) is 30.0 Å². The fourth-order valence-corrected chi connectivity index (χ4v) is 5.88. The van der Waals surface area contributed by atoms with Crippen molar-refractivity contribution in [1.29, 1.82) is 0 Å². The van der Waals surface area contributed by atoms with Gasteiger partial charge in [-0.25, -0.2) is 0 Å². The Balaban J connectivity index is 2.53. The molecule has 0 spiro atoms. The number of fused-ring (bicyclic) bond motifs is 1. The molecule has 1 aliphatic rings. The number of rotatable bonds is 2. The third kappa shape index (κ3) is 1.19. The van der Waals surface area contributed by atoms with E-state index in [1.165, 1.54) is 17.7 Å². The molecule has 2 rings (SSSR count). The molecule has 1 aromatic carbocycles. The standard InChI is InChI=1S/C12H16Si/c1-3-13(4-2)10-9-11-7-5-6-8-12(11)13/h5-10H,3-4H2,1-2H3. The molecular formula is C12H16Si. The Morgan fingerprint density at radius 1 is 1.08 bits per heavy atom. The maximum absolute atomic E-state index is 2.51. The second kappa shape index (κ2) is 3.15. The van der Waals surface area contributed by atoms with Crippen LogP contribution in [0.1, 0.15) is 19.4 Å². The van der Waals surface area contributed by atoms with Crippen molar-refractivity contribution in [3.63, 3.8) is 0 Å². The summed E-state index contributed by atoms with van der Waals surface area (Å²) in [5, 5.41) is 1.65. The first kappa shape index (κ1) is 8.76. The lowest BCUT2D eigenvalue weighted by Gasteiger charge is -2.23. The first-order chi connectivity index (χ1) is 6.32. The van der Waals surface area contributed by atoms with Crippen molar-refractivity contribution in [3.8, 4) is 0 Å². The third-order valence-corrected chi connectivity index (χ3v) is 8.20. The van der Waals surface area contributed by atoms with E-state index in [1.54, 1.807) is 5.19 Å². The largest absolute Gasteiger partial charge is 0.110 e. The average Bonchev–Trinajstić information content (AvgIpc) is 2.58. The van der Waals surface area contributed by atoms with Crippen LogP contribution in [0, 0.1) is 0 Å². The topological polar surface area (TPSA) is 0 Å². The van der Waals surface area contributed by atoms with Gasteiger partial charge in [0.2, 0.25) is 0 Å². The molecule has 0 amide bonds. The van der Waals surface area contributed by atoms with Gasteiger partial charge in [0.1, 0.15) is 8.07 Å². The van der Waals surface area contributed by atoms with E-state index in [0.29, 0.717) is 0 Å². The van der Waals surface area contributed by atoms with Crippen molar-refractivity contribution in [2.24, 2.45) is 0 Å². The van der Waals surface area contributed by atoms with Crippen LogP contribution < -0.4 is 5.19 Å². The lowest BCUT2D eigenvalue weighted by atomic mass is 10.2. The van der Waals surface area contributed by atoms with E-state index in [1.807, 2.05) is 0 Å². The molecule has 0 N–H and O–H groups in total. The monoisotopic (exact) mass is 188 g/mol. The molecule has 1 heteroatoms. The molecule has 0 aliphatic carbocycles. The summed E-state index contributed by atoms with van der Waals surface area (Å²) >= 11 is 0. The lowest BCUT2D eigenvalue weighted by molar-refractivity contribution is 1.29. The van der Waals surface area contributed by atoms with Crippen LogP contribution in [0.4, 0.5) is 0 Å². The van der Waals surface area contributed by atoms with Gasteiger partial charge in [0.15, 0.2) is 0 Å². The minimum absolute atomic E-state index is 1.18. The van der Waals surface area contributed by atoms with Gasteiger partial charge in [-0.3, -0.25) is 0 Å². The molecular weight excluding hydrogens is 172 g/mol. The first-order valence-electron chi connectivity index (χ1n) is 5.11. The van der Waals surface area contributed by atoms with E-state index in [9.17, 15) is 0 Å². The van der Waals surface area contributed by atoms with E-state index in [2.05, 4.69) is 49.9 Å². The summed E-state index contributed by atoms with van der Waals surface area (Å²) in [6.07, 6.45) is 2.33. The van der Waals surface area contributed by atoms with Gasteiger partial charge in [0.05, 0.1) is 0 Å². The van der Waals surface area contributed by atoms with Crippen molar-refractivity contribution < 1.29 is 0 Å². The van der Waals surface area contributed by atoms with E-state index >= 15 is 0 Å². The van der Waals surface area contributed by atoms with Gasteiger partial charge in [0, 0.05) is 0 Å². The molecule has 0 bridgehead atoms. The Kier molecular flexibility index (Phi) is 2.12. The van der Waals surface area contributed by atoms with Crippen LogP contribution in [-0.4, -0.2) is 8.07 Å². The molecule has 0 radical (unpaired) electrons. The first-order valence-corrected chi connectivity index (χ1v) is 7.60. The van der Waals surface area contributed by atoms with Gasteiger partial charge in [-0.05, 0) is 10.8 Å². The summed E-state index contributed by atoms with van der Waals surface area (Å²) < 4.78 is 0. The quantitative estimate of drug-likeness (QED) is 0.626. The van der Waals surface area contributed by atoms with Gasteiger partial charge in [0.25, 0.3) is 0 Å². The maximum Gasteiger partial charge on any atom is 0.110 e. The Morgan fingerprint density at radius 2 is 1.77 bits per heavy atom. The number of benzene rings is 1. The van der Waals surface area contributed by atoms with Gasteiger partial charge in [-0.15, -0.1) is 0 Å². The molecule has 13 heavy (non-hydrogen) atoms. The molecule has 1 heterocycles. The van der Waals surface area contributed by atoms with Crippen molar-refractivity contribution in [2.45, 2.75) is 25.9 Å². The van der Waals surface area contributed by atoms with E-state index < -0.39 is 8.07 Å². The molecule has 68 valence electrons. The van der Waals surface area contributed by atoms with Crippen LogP contribution >= 0.6 is 0 Å². The highest BCUT2D eigenvalue weighted by Gasteiger charge is 2.33. The fraction of sp³-hybridized carbons (Fsp3) is 0.333. The molecule has 1 aromatic rings. The molecule has 1 aliphatic heterocycles. The van der Waals surface area contributed by atoms with E-state index in [0.717, 1.165) is 0 Å². The highest BCUT2D eigenvalue weighted by Crippen LogP contribution is 2.25. The summed E-state index contributed by atoms with van der Waals surface area (Å²) in [5.41, 5.74) is 3.98. The predicted octanol–water partition coefficient (Wildman–Crippen LogP) is 2.95. The van der Waals surface area contributed by atoms with E-state index in [-0.39, 0.29) is 0 Å². The van der Waals surface area contributed by atoms with Gasteiger partial charge < -0.3 is 0 Å². The zero-order valence-electron chi connectivity index (χ0n) is 8.38. The Bertz CT molecular complexity index is 335. The smallest absolute Gasteiger partial charge is 0.0893 e. The van der Waals surface area contributed by atoms with Crippen LogP contribution in [-0.2, 0) is 0 Å². The zero-order chi connectivity index (χ0) is 9.31. The summed E-state index contributed by atoms with van der Waals surface area (Å²) in [5.74, 6) is 0. The SMILES string of the molecule is CC[Si]1(CC)C=Cc2ccccc21. The lowest BCUT2D eigenvalue weighted by Crippen LogP contribution is -2.43. The van der Waals surface area contributed by atoms with Crippen molar-refractivity contribution >= 4 is 19.3 Å². The predicted molar refractivity (Wildman–Crippen MR) is 61.8 cm³/mol. The molecule has 0 nitrogen and oxygen atoms in total. The second-order valence-corrected chi connectivity index (χ2v) is 8.38. The van der Waals surface area contributed by atoms with Crippen molar-refractivity contribution in [2.75, 3.05) is 0 Å². The normalized spacial score (nSPS) is 17.4. The van der Waals surface area contributed by atoms with Crippen LogP contribution in [0.5, 0.6) is 0 Å². The summed E-state index contributed by atoms with van der Waals surface area (Å²) in [4.78, 5) is 0. The Morgan fingerprint density at radius 3 is 2.46 bits per heavy atom. The molecule has 0 saturated carbocycles. The van der Waals surface area contributed by atoms with Gasteiger partial charge >= 0.3 is 0 Å².